The van der Waals surface area contributed by atoms with Crippen LogP contribution in [0.4, 0.5) is 0 Å². The van der Waals surface area contributed by atoms with Crippen LogP contribution >= 0.6 is 0 Å². The Balaban J connectivity index is 1.67. The molecule has 2 fully saturated rings. The summed E-state index contributed by atoms with van der Waals surface area (Å²) in [5.41, 5.74) is 0.418. The van der Waals surface area contributed by atoms with Crippen molar-refractivity contribution in [2.75, 3.05) is 13.7 Å². The zero-order valence-corrected chi connectivity index (χ0v) is 20.7. The molecule has 2 aliphatic heterocycles. The van der Waals surface area contributed by atoms with E-state index in [0.717, 1.165) is 0 Å². The first-order valence-electron chi connectivity index (χ1n) is 11.6. The Morgan fingerprint density at radius 2 is 1.92 bits per heavy atom. The van der Waals surface area contributed by atoms with Crippen LogP contribution in [0.1, 0.15) is 43.2 Å². The number of amides is 1. The van der Waals surface area contributed by atoms with Crippen LogP contribution in [0.15, 0.2) is 41.0 Å². The van der Waals surface area contributed by atoms with E-state index in [-0.39, 0.29) is 23.9 Å². The Bertz CT molecular complexity index is 1120. The van der Waals surface area contributed by atoms with Crippen molar-refractivity contribution in [1.82, 2.24) is 5.32 Å². The van der Waals surface area contributed by atoms with Crippen LogP contribution in [0.3, 0.4) is 0 Å². The number of carbonyl (C=O) groups excluding carboxylic acids is 2. The third-order valence-corrected chi connectivity index (χ3v) is 6.01. The lowest BCUT2D eigenvalue weighted by molar-refractivity contribution is -0.343. The van der Waals surface area contributed by atoms with Gasteiger partial charge in [-0.05, 0) is 44.2 Å². The highest BCUT2D eigenvalue weighted by atomic mass is 16.8. The molecule has 37 heavy (non-hydrogen) atoms. The smallest absolute Gasteiger partial charge is 0.332 e. The summed E-state index contributed by atoms with van der Waals surface area (Å²) in [6, 6.07) is 7.01. The first kappa shape index (κ1) is 26.6. The highest BCUT2D eigenvalue weighted by Crippen LogP contribution is 2.38. The predicted octanol–water partition coefficient (Wildman–Crippen LogP) is 2.07. The second-order valence-electron chi connectivity index (χ2n) is 8.67. The largest absolute Gasteiger partial charge is 0.493 e. The first-order chi connectivity index (χ1) is 17.7. The molecule has 7 unspecified atom stereocenters. The summed E-state index contributed by atoms with van der Waals surface area (Å²) in [5.74, 6) is -0.860. The maximum Gasteiger partial charge on any atom is 0.332 e. The fraction of sp³-hybridized carbons (Fsp3) is 0.480. The van der Waals surface area contributed by atoms with Crippen LogP contribution in [0.5, 0.6) is 11.5 Å². The van der Waals surface area contributed by atoms with Crippen LogP contribution in [0, 0.1) is 0 Å². The summed E-state index contributed by atoms with van der Waals surface area (Å²) in [6.45, 7) is 4.15. The van der Waals surface area contributed by atoms with Crippen molar-refractivity contribution < 1.29 is 52.3 Å². The van der Waals surface area contributed by atoms with Gasteiger partial charge in [0.2, 0.25) is 18.5 Å². The second-order valence-corrected chi connectivity index (χ2v) is 8.67. The number of aliphatic carboxylic acids is 1. The lowest BCUT2D eigenvalue weighted by Crippen LogP contribution is -2.68. The van der Waals surface area contributed by atoms with Crippen molar-refractivity contribution in [3.05, 3.63) is 47.9 Å². The maximum atomic E-state index is 12.2. The van der Waals surface area contributed by atoms with Gasteiger partial charge < -0.3 is 43.3 Å². The zero-order valence-electron chi connectivity index (χ0n) is 20.7. The summed E-state index contributed by atoms with van der Waals surface area (Å²) >= 11 is 0. The molecular formula is C25H29NO11. The number of rotatable bonds is 9. The second kappa shape index (κ2) is 11.3. The van der Waals surface area contributed by atoms with E-state index in [4.69, 9.17) is 32.8 Å². The first-order valence-corrected chi connectivity index (χ1v) is 11.6. The number of fused-ring (bicyclic) bond motifs is 1. The van der Waals surface area contributed by atoms with E-state index in [2.05, 4.69) is 5.32 Å². The summed E-state index contributed by atoms with van der Waals surface area (Å²) < 4.78 is 40.8. The molecule has 2 N–H and O–H groups in total. The molecule has 1 amide bonds. The molecule has 200 valence electrons. The highest BCUT2D eigenvalue weighted by molar-refractivity contribution is 5.94. The molecule has 12 heteroatoms. The molecule has 2 aromatic rings. The van der Waals surface area contributed by atoms with Gasteiger partial charge in [0.25, 0.3) is 0 Å². The molecule has 12 nitrogen and oxygen atoms in total. The number of hydrogen-bond acceptors (Lipinski definition) is 10. The van der Waals surface area contributed by atoms with Gasteiger partial charge in [-0.1, -0.05) is 0 Å². The van der Waals surface area contributed by atoms with Crippen molar-refractivity contribution in [3.8, 4) is 11.5 Å². The Kier molecular flexibility index (Phi) is 8.13. The molecule has 0 bridgehead atoms. The predicted molar refractivity (Wildman–Crippen MR) is 124 cm³/mol. The topological polar surface area (TPSA) is 152 Å². The van der Waals surface area contributed by atoms with E-state index < -0.39 is 54.9 Å². The van der Waals surface area contributed by atoms with Crippen LogP contribution in [0.2, 0.25) is 0 Å². The molecule has 0 saturated carbocycles. The summed E-state index contributed by atoms with van der Waals surface area (Å²) in [7, 11) is 1.42. The Hall–Kier alpha value is -3.45. The van der Waals surface area contributed by atoms with Crippen LogP contribution in [-0.2, 0) is 28.5 Å². The number of nitrogens with one attached hydrogen (secondary N) is 1. The van der Waals surface area contributed by atoms with Gasteiger partial charge in [0.15, 0.2) is 29.1 Å². The summed E-state index contributed by atoms with van der Waals surface area (Å²) in [5, 5.41) is 12.3. The average molecular weight is 520 g/mol. The molecular weight excluding hydrogens is 490 g/mol. The summed E-state index contributed by atoms with van der Waals surface area (Å²) in [4.78, 5) is 35.6. The van der Waals surface area contributed by atoms with E-state index in [0.29, 0.717) is 11.3 Å². The van der Waals surface area contributed by atoms with Gasteiger partial charge in [0.1, 0.15) is 24.4 Å². The van der Waals surface area contributed by atoms with Crippen molar-refractivity contribution >= 4 is 17.7 Å². The molecule has 0 radical (unpaired) electrons. The number of furan rings is 1. The van der Waals surface area contributed by atoms with E-state index in [1.165, 1.54) is 40.2 Å². The number of carbonyl (C=O) groups is 3. The standard InChI is InChI=1S/C25H29NO11/c1-12(27)15-7-8-16(18(10-15)31-4)35-25-20(26-14(3)28)22(34-13(2)23(29)30)21-19(36-25)11-33-24(37-21)17-6-5-9-32-17/h5-10,13,19-22,24-25H,11H2,1-4H3,(H,26,28)(H,29,30). The van der Waals surface area contributed by atoms with Crippen molar-refractivity contribution in [1.29, 1.82) is 0 Å². The normalized spacial score (nSPS) is 28.0. The van der Waals surface area contributed by atoms with Crippen molar-refractivity contribution in [2.24, 2.45) is 0 Å². The van der Waals surface area contributed by atoms with E-state index in [9.17, 15) is 19.5 Å². The minimum atomic E-state index is -1.24. The van der Waals surface area contributed by atoms with Gasteiger partial charge in [0, 0.05) is 12.5 Å². The molecule has 1 aromatic carbocycles. The fourth-order valence-electron chi connectivity index (χ4n) is 4.19. The van der Waals surface area contributed by atoms with Gasteiger partial charge in [-0.2, -0.15) is 0 Å². The van der Waals surface area contributed by atoms with Crippen LogP contribution in [-0.4, -0.2) is 73.2 Å². The molecule has 0 spiro atoms. The van der Waals surface area contributed by atoms with Crippen LogP contribution in [0.25, 0.3) is 0 Å². The van der Waals surface area contributed by atoms with Crippen molar-refractivity contribution in [3.63, 3.8) is 0 Å². The number of methoxy groups -OCH3 is 1. The number of hydrogen-bond donors (Lipinski definition) is 2. The minimum absolute atomic E-state index is 0.0460. The monoisotopic (exact) mass is 519 g/mol. The Morgan fingerprint density at radius 3 is 2.54 bits per heavy atom. The SMILES string of the molecule is COc1cc(C(C)=O)ccc1OC1OC2COC(c3ccco3)OC2C(OC(C)C(=O)O)C1NC(C)=O. The molecule has 1 aromatic heterocycles. The summed E-state index contributed by atoms with van der Waals surface area (Å²) in [6.07, 6.45) is -4.40. The molecule has 0 aliphatic carbocycles. The zero-order chi connectivity index (χ0) is 26.7. The Labute approximate surface area is 212 Å². The lowest BCUT2D eigenvalue weighted by Gasteiger charge is -2.49. The lowest BCUT2D eigenvalue weighted by atomic mass is 9.95. The number of benzene rings is 1. The van der Waals surface area contributed by atoms with Gasteiger partial charge in [-0.25, -0.2) is 4.79 Å². The van der Waals surface area contributed by atoms with E-state index >= 15 is 0 Å². The van der Waals surface area contributed by atoms with Gasteiger partial charge in [-0.3, -0.25) is 9.59 Å². The van der Waals surface area contributed by atoms with Gasteiger partial charge in [-0.15, -0.1) is 0 Å². The highest BCUT2D eigenvalue weighted by Gasteiger charge is 2.53. The number of ether oxygens (including phenoxy) is 6. The van der Waals surface area contributed by atoms with Gasteiger partial charge in [0.05, 0.1) is 20.0 Å². The molecule has 2 aliphatic rings. The van der Waals surface area contributed by atoms with Gasteiger partial charge >= 0.3 is 5.97 Å². The maximum absolute atomic E-state index is 12.2. The quantitative estimate of drug-likeness (QED) is 0.468. The molecule has 2 saturated heterocycles. The fourth-order valence-corrected chi connectivity index (χ4v) is 4.19. The molecule has 3 heterocycles. The third-order valence-electron chi connectivity index (χ3n) is 6.01. The minimum Gasteiger partial charge on any atom is -0.493 e. The van der Waals surface area contributed by atoms with E-state index in [1.54, 1.807) is 24.3 Å². The third kappa shape index (κ3) is 5.93. The molecule has 4 rings (SSSR count). The number of Topliss-reactive ketones (excluding diaryl/α,β-unsaturated/α-hetero) is 1. The Morgan fingerprint density at radius 1 is 1.14 bits per heavy atom. The average Bonchev–Trinajstić information content (AvgIpc) is 3.40. The number of carboxylic acids is 1. The number of ketones is 1. The van der Waals surface area contributed by atoms with Crippen molar-refractivity contribution in [2.45, 2.75) is 63.8 Å². The van der Waals surface area contributed by atoms with E-state index in [1.807, 2.05) is 0 Å². The number of carboxylic acid groups (broad SMARTS) is 1. The van der Waals surface area contributed by atoms with Crippen LogP contribution < -0.4 is 14.8 Å². The molecule has 7 atom stereocenters.